The molecule has 1 saturated carbocycles. The minimum Gasteiger partial charge on any atom is -0.497 e. The summed E-state index contributed by atoms with van der Waals surface area (Å²) in [4.78, 5) is 25.9. The third kappa shape index (κ3) is 2.81. The van der Waals surface area contributed by atoms with Crippen LogP contribution < -0.4 is 9.47 Å². The molecule has 2 aliphatic rings. The molecule has 1 aliphatic carbocycles. The number of nitrogens with zero attached hydrogens (tertiary/aromatic N) is 1. The van der Waals surface area contributed by atoms with Gasteiger partial charge in [0, 0.05) is 18.2 Å². The van der Waals surface area contributed by atoms with E-state index in [1.54, 1.807) is 14.2 Å². The molecular weight excluding hydrogens is 310 g/mol. The SMILES string of the molecule is COc1ccc(C2CCCN2C(=O)C2CCC2C(=O)O)c(OC)c1. The van der Waals surface area contributed by atoms with Crippen molar-refractivity contribution in [3.05, 3.63) is 23.8 Å². The van der Waals surface area contributed by atoms with Crippen molar-refractivity contribution in [1.29, 1.82) is 0 Å². The lowest BCUT2D eigenvalue weighted by molar-refractivity contribution is -0.157. The normalized spacial score (nSPS) is 25.9. The van der Waals surface area contributed by atoms with Crippen LogP contribution in [0.1, 0.15) is 37.3 Å². The number of ether oxygens (including phenoxy) is 2. The molecule has 1 amide bonds. The lowest BCUT2D eigenvalue weighted by atomic mass is 9.72. The topological polar surface area (TPSA) is 76.1 Å². The van der Waals surface area contributed by atoms with Crippen molar-refractivity contribution in [1.82, 2.24) is 4.90 Å². The molecule has 0 aromatic heterocycles. The molecule has 0 bridgehead atoms. The molecule has 24 heavy (non-hydrogen) atoms. The van der Waals surface area contributed by atoms with Gasteiger partial charge in [0.25, 0.3) is 0 Å². The van der Waals surface area contributed by atoms with Gasteiger partial charge < -0.3 is 19.5 Å². The summed E-state index contributed by atoms with van der Waals surface area (Å²) in [5.74, 6) is -0.408. The molecule has 1 heterocycles. The van der Waals surface area contributed by atoms with Gasteiger partial charge in [-0.15, -0.1) is 0 Å². The monoisotopic (exact) mass is 333 g/mol. The molecule has 6 nitrogen and oxygen atoms in total. The molecule has 130 valence electrons. The van der Waals surface area contributed by atoms with Gasteiger partial charge in [-0.1, -0.05) is 0 Å². The number of carbonyl (C=O) groups is 2. The van der Waals surface area contributed by atoms with Crippen LogP contribution in [-0.2, 0) is 9.59 Å². The first-order chi connectivity index (χ1) is 11.6. The number of hydrogen-bond acceptors (Lipinski definition) is 4. The van der Waals surface area contributed by atoms with Crippen LogP contribution in [0.5, 0.6) is 11.5 Å². The van der Waals surface area contributed by atoms with E-state index in [-0.39, 0.29) is 17.9 Å². The Kier molecular flexibility index (Phi) is 4.64. The van der Waals surface area contributed by atoms with Crippen LogP contribution in [0.25, 0.3) is 0 Å². The fourth-order valence-electron chi connectivity index (χ4n) is 3.75. The number of carboxylic acid groups (broad SMARTS) is 1. The zero-order valence-electron chi connectivity index (χ0n) is 14.0. The van der Waals surface area contributed by atoms with E-state index in [0.29, 0.717) is 30.9 Å². The minimum atomic E-state index is -0.864. The highest BCUT2D eigenvalue weighted by Crippen LogP contribution is 2.43. The second kappa shape index (κ2) is 6.71. The highest BCUT2D eigenvalue weighted by Gasteiger charge is 2.45. The lowest BCUT2D eigenvalue weighted by Crippen LogP contribution is -2.45. The largest absolute Gasteiger partial charge is 0.497 e. The number of hydrogen-bond donors (Lipinski definition) is 1. The van der Waals surface area contributed by atoms with E-state index < -0.39 is 11.9 Å². The Labute approximate surface area is 141 Å². The summed E-state index contributed by atoms with van der Waals surface area (Å²) >= 11 is 0. The van der Waals surface area contributed by atoms with Crippen molar-refractivity contribution in [2.45, 2.75) is 31.7 Å². The van der Waals surface area contributed by atoms with Crippen molar-refractivity contribution >= 4 is 11.9 Å². The number of methoxy groups -OCH3 is 2. The molecule has 1 aromatic carbocycles. The number of likely N-dealkylation sites (tertiary alicyclic amines) is 1. The maximum absolute atomic E-state index is 12.8. The predicted octanol–water partition coefficient (Wildman–Crippen LogP) is 2.48. The summed E-state index contributed by atoms with van der Waals surface area (Å²) in [6, 6.07) is 5.55. The van der Waals surface area contributed by atoms with E-state index in [9.17, 15) is 14.7 Å². The number of rotatable bonds is 5. The highest BCUT2D eigenvalue weighted by atomic mass is 16.5. The van der Waals surface area contributed by atoms with Gasteiger partial charge in [-0.25, -0.2) is 0 Å². The van der Waals surface area contributed by atoms with Crippen LogP contribution in [0, 0.1) is 11.8 Å². The molecule has 3 unspecified atom stereocenters. The van der Waals surface area contributed by atoms with Gasteiger partial charge in [0.05, 0.1) is 32.1 Å². The van der Waals surface area contributed by atoms with Crippen LogP contribution in [0.2, 0.25) is 0 Å². The quantitative estimate of drug-likeness (QED) is 0.896. The van der Waals surface area contributed by atoms with Gasteiger partial charge in [0.1, 0.15) is 11.5 Å². The predicted molar refractivity (Wildman–Crippen MR) is 87.1 cm³/mol. The Morgan fingerprint density at radius 2 is 1.88 bits per heavy atom. The highest BCUT2D eigenvalue weighted by molar-refractivity contribution is 5.87. The van der Waals surface area contributed by atoms with Gasteiger partial charge in [0.15, 0.2) is 0 Å². The maximum atomic E-state index is 12.8. The van der Waals surface area contributed by atoms with Gasteiger partial charge in [-0.05, 0) is 37.8 Å². The number of carboxylic acids is 1. The Bertz CT molecular complexity index is 644. The Balaban J connectivity index is 1.83. The van der Waals surface area contributed by atoms with E-state index in [0.717, 1.165) is 18.4 Å². The van der Waals surface area contributed by atoms with Crippen LogP contribution in [-0.4, -0.2) is 42.6 Å². The summed E-state index contributed by atoms with van der Waals surface area (Å²) in [6.07, 6.45) is 3.03. The number of carbonyl (C=O) groups excluding carboxylic acids is 1. The second-order valence-electron chi connectivity index (χ2n) is 6.43. The summed E-state index contributed by atoms with van der Waals surface area (Å²) in [7, 11) is 3.20. The van der Waals surface area contributed by atoms with Gasteiger partial charge >= 0.3 is 5.97 Å². The van der Waals surface area contributed by atoms with Crippen molar-refractivity contribution < 1.29 is 24.2 Å². The van der Waals surface area contributed by atoms with Crippen molar-refractivity contribution in [2.24, 2.45) is 11.8 Å². The van der Waals surface area contributed by atoms with Gasteiger partial charge in [-0.2, -0.15) is 0 Å². The van der Waals surface area contributed by atoms with Gasteiger partial charge in [0.2, 0.25) is 5.91 Å². The average Bonchev–Trinajstić information content (AvgIpc) is 3.01. The summed E-state index contributed by atoms with van der Waals surface area (Å²) in [6.45, 7) is 0.668. The van der Waals surface area contributed by atoms with E-state index >= 15 is 0 Å². The Morgan fingerprint density at radius 1 is 1.12 bits per heavy atom. The van der Waals surface area contributed by atoms with Crippen LogP contribution in [0.15, 0.2) is 18.2 Å². The summed E-state index contributed by atoms with van der Waals surface area (Å²) < 4.78 is 10.7. The first-order valence-electron chi connectivity index (χ1n) is 8.32. The molecule has 0 radical (unpaired) electrons. The van der Waals surface area contributed by atoms with Crippen molar-refractivity contribution in [3.8, 4) is 11.5 Å². The standard InChI is InChI=1S/C18H23NO5/c1-23-11-5-6-14(16(10-11)24-2)15-4-3-9-19(15)17(20)12-7-8-13(12)18(21)22/h5-6,10,12-13,15H,3-4,7-9H2,1-2H3,(H,21,22). The zero-order chi connectivity index (χ0) is 17.3. The number of amides is 1. The molecule has 3 atom stereocenters. The molecule has 1 saturated heterocycles. The Hall–Kier alpha value is -2.24. The number of aliphatic carboxylic acids is 1. The van der Waals surface area contributed by atoms with Crippen molar-refractivity contribution in [3.63, 3.8) is 0 Å². The smallest absolute Gasteiger partial charge is 0.307 e. The molecule has 1 aromatic rings. The second-order valence-corrected chi connectivity index (χ2v) is 6.43. The first kappa shape index (κ1) is 16.6. The first-order valence-corrected chi connectivity index (χ1v) is 8.32. The molecular formula is C18H23NO5. The molecule has 0 spiro atoms. The molecule has 2 fully saturated rings. The van der Waals surface area contributed by atoms with E-state index in [1.807, 2.05) is 23.1 Å². The molecule has 1 N–H and O–H groups in total. The number of benzene rings is 1. The summed E-state index contributed by atoms with van der Waals surface area (Å²) in [5.41, 5.74) is 0.954. The van der Waals surface area contributed by atoms with E-state index in [1.165, 1.54) is 0 Å². The fraction of sp³-hybridized carbons (Fsp3) is 0.556. The van der Waals surface area contributed by atoms with Crippen LogP contribution in [0.3, 0.4) is 0 Å². The zero-order valence-corrected chi connectivity index (χ0v) is 14.0. The lowest BCUT2D eigenvalue weighted by Gasteiger charge is -2.37. The maximum Gasteiger partial charge on any atom is 0.307 e. The van der Waals surface area contributed by atoms with E-state index in [4.69, 9.17) is 9.47 Å². The Morgan fingerprint density at radius 3 is 2.46 bits per heavy atom. The average molecular weight is 333 g/mol. The van der Waals surface area contributed by atoms with Gasteiger partial charge in [-0.3, -0.25) is 9.59 Å². The molecule has 6 heteroatoms. The summed E-state index contributed by atoms with van der Waals surface area (Å²) in [5, 5.41) is 9.21. The molecule has 3 rings (SSSR count). The van der Waals surface area contributed by atoms with Crippen LogP contribution >= 0.6 is 0 Å². The van der Waals surface area contributed by atoms with E-state index in [2.05, 4.69) is 0 Å². The van der Waals surface area contributed by atoms with Crippen LogP contribution in [0.4, 0.5) is 0 Å². The molecule has 1 aliphatic heterocycles. The third-order valence-corrected chi connectivity index (χ3v) is 5.24. The third-order valence-electron chi connectivity index (χ3n) is 5.24. The van der Waals surface area contributed by atoms with Crippen molar-refractivity contribution in [2.75, 3.05) is 20.8 Å². The minimum absolute atomic E-state index is 0.0333. The fourth-order valence-corrected chi connectivity index (χ4v) is 3.75.